The Labute approximate surface area is 49.4 Å². The molecule has 2 N–H and O–H groups in total. The zero-order chi connectivity index (χ0) is 6.24. The van der Waals surface area contributed by atoms with Crippen LogP contribution in [0.3, 0.4) is 0 Å². The van der Waals surface area contributed by atoms with Crippen LogP contribution >= 0.6 is 0 Å². The fourth-order valence-electron chi connectivity index (χ4n) is 0.364. The molecule has 0 unspecified atom stereocenters. The first kappa shape index (κ1) is 7.43. The molecule has 0 aliphatic carbocycles. The van der Waals surface area contributed by atoms with Crippen LogP contribution in [0.5, 0.6) is 0 Å². The Morgan fingerprint density at radius 2 is 2.38 bits per heavy atom. The highest BCUT2D eigenvalue weighted by Gasteiger charge is 1.79. The largest absolute Gasteiger partial charge is 0.324 e. The van der Waals surface area contributed by atoms with Gasteiger partial charge < -0.3 is 0 Å². The van der Waals surface area contributed by atoms with Crippen molar-refractivity contribution in [1.82, 2.24) is 10.9 Å². The Hall–Kier alpha value is -0.570. The summed E-state index contributed by atoms with van der Waals surface area (Å²) in [7, 11) is 0. The van der Waals surface area contributed by atoms with Gasteiger partial charge in [-0.1, -0.05) is 13.3 Å². The molecule has 3 heteroatoms. The predicted octanol–water partition coefficient (Wildman–Crippen LogP) is -0.0521. The maximum atomic E-state index is 9.47. The molecule has 0 aromatic rings. The van der Waals surface area contributed by atoms with E-state index in [1.165, 1.54) is 6.41 Å². The molecule has 0 rings (SSSR count). The molecule has 0 aromatic carbocycles. The molecule has 0 fully saturated rings. The summed E-state index contributed by atoms with van der Waals surface area (Å²) in [5.74, 6) is 0. The molecule has 0 heterocycles. The van der Waals surface area contributed by atoms with Gasteiger partial charge in [0.05, 0.1) is 0 Å². The van der Waals surface area contributed by atoms with Crippen LogP contribution in [-0.4, -0.2) is 13.0 Å². The fraction of sp³-hybridized carbons (Fsp3) is 0.800. The summed E-state index contributed by atoms with van der Waals surface area (Å²) in [4.78, 5) is 9.47. The smallest absolute Gasteiger partial charge is 0.283 e. The van der Waals surface area contributed by atoms with Crippen molar-refractivity contribution < 1.29 is 4.79 Å². The van der Waals surface area contributed by atoms with Crippen molar-refractivity contribution in [3.63, 3.8) is 0 Å². The van der Waals surface area contributed by atoms with Gasteiger partial charge >= 0.3 is 6.41 Å². The van der Waals surface area contributed by atoms with Gasteiger partial charge in [0.1, 0.15) is 0 Å². The molecular formula is C5H11N2O. The van der Waals surface area contributed by atoms with Crippen LogP contribution < -0.4 is 10.9 Å². The first-order chi connectivity index (χ1) is 3.91. The fourth-order valence-corrected chi connectivity index (χ4v) is 0.364. The van der Waals surface area contributed by atoms with Crippen molar-refractivity contribution in [2.75, 3.05) is 6.54 Å². The summed E-state index contributed by atoms with van der Waals surface area (Å²) in [5.41, 5.74) is 4.89. The molecule has 0 spiro atoms. The molecule has 1 amide bonds. The molecule has 0 saturated heterocycles. The molecule has 8 heavy (non-hydrogen) atoms. The average Bonchev–Trinajstić information content (AvgIpc) is 1.81. The monoisotopic (exact) mass is 115 g/mol. The standard InChI is InChI=1S/C5H11N2O/c1-2-3-4-6-7-5-8/h6H,2-4H2,1H3,(H,7,8). The van der Waals surface area contributed by atoms with Gasteiger partial charge in [0.2, 0.25) is 0 Å². The van der Waals surface area contributed by atoms with Crippen molar-refractivity contribution in [2.24, 2.45) is 0 Å². The predicted molar refractivity (Wildman–Crippen MR) is 31.7 cm³/mol. The van der Waals surface area contributed by atoms with Crippen molar-refractivity contribution in [2.45, 2.75) is 19.8 Å². The lowest BCUT2D eigenvalue weighted by molar-refractivity contribution is 0.516. The third kappa shape index (κ3) is 5.43. The van der Waals surface area contributed by atoms with E-state index in [1.807, 2.05) is 0 Å². The first-order valence-corrected chi connectivity index (χ1v) is 2.76. The molecular weight excluding hydrogens is 104 g/mol. The lowest BCUT2D eigenvalue weighted by Gasteiger charge is -1.96. The number of hydrazine groups is 1. The summed E-state index contributed by atoms with van der Waals surface area (Å²) in [5, 5.41) is 0. The summed E-state index contributed by atoms with van der Waals surface area (Å²) in [6.07, 6.45) is 3.73. The molecule has 0 saturated carbocycles. The molecule has 0 aliphatic heterocycles. The van der Waals surface area contributed by atoms with Gasteiger partial charge in [-0.3, -0.25) is 10.2 Å². The van der Waals surface area contributed by atoms with Gasteiger partial charge in [-0.15, -0.1) is 0 Å². The van der Waals surface area contributed by atoms with Crippen molar-refractivity contribution in [3.05, 3.63) is 0 Å². The van der Waals surface area contributed by atoms with Crippen LogP contribution in [0.1, 0.15) is 19.8 Å². The van der Waals surface area contributed by atoms with Gasteiger partial charge in [-0.25, -0.2) is 5.43 Å². The van der Waals surface area contributed by atoms with E-state index >= 15 is 0 Å². The number of hydrogen-bond acceptors (Lipinski definition) is 2. The SMILES string of the molecule is CCCCNN[C]=O. The second-order valence-electron chi connectivity index (χ2n) is 1.51. The lowest BCUT2D eigenvalue weighted by atomic mass is 10.3. The first-order valence-electron chi connectivity index (χ1n) is 2.76. The van der Waals surface area contributed by atoms with Crippen molar-refractivity contribution in [3.8, 4) is 0 Å². The second kappa shape index (κ2) is 6.43. The zero-order valence-corrected chi connectivity index (χ0v) is 5.03. The van der Waals surface area contributed by atoms with E-state index in [9.17, 15) is 4.79 Å². The Balaban J connectivity index is 2.62. The number of carbonyl (C=O) groups excluding carboxylic acids is 1. The van der Waals surface area contributed by atoms with Crippen LogP contribution in [0, 0.1) is 0 Å². The number of unbranched alkanes of at least 4 members (excludes halogenated alkanes) is 1. The minimum atomic E-state index is 0.825. The molecule has 47 valence electrons. The van der Waals surface area contributed by atoms with Crippen LogP contribution in [0.15, 0.2) is 0 Å². The summed E-state index contributed by atoms with van der Waals surface area (Å²) in [6, 6.07) is 0. The van der Waals surface area contributed by atoms with Crippen molar-refractivity contribution >= 4 is 6.41 Å². The Bertz CT molecular complexity index is 56.4. The van der Waals surface area contributed by atoms with Crippen molar-refractivity contribution in [1.29, 1.82) is 0 Å². The Morgan fingerprint density at radius 1 is 1.62 bits per heavy atom. The van der Waals surface area contributed by atoms with Gasteiger partial charge in [0.25, 0.3) is 0 Å². The second-order valence-corrected chi connectivity index (χ2v) is 1.51. The molecule has 0 aliphatic rings. The van der Waals surface area contributed by atoms with E-state index in [0.717, 1.165) is 19.4 Å². The van der Waals surface area contributed by atoms with Gasteiger partial charge in [-0.05, 0) is 6.42 Å². The maximum Gasteiger partial charge on any atom is 0.324 e. The minimum Gasteiger partial charge on any atom is -0.283 e. The van der Waals surface area contributed by atoms with E-state index in [-0.39, 0.29) is 0 Å². The average molecular weight is 115 g/mol. The molecule has 3 nitrogen and oxygen atoms in total. The van der Waals surface area contributed by atoms with Crippen LogP contribution in [-0.2, 0) is 4.79 Å². The number of amides is 1. The van der Waals surface area contributed by atoms with E-state index in [1.54, 1.807) is 0 Å². The number of hydrogen-bond donors (Lipinski definition) is 2. The van der Waals surface area contributed by atoms with Crippen LogP contribution in [0.2, 0.25) is 0 Å². The molecule has 0 atom stereocenters. The van der Waals surface area contributed by atoms with Gasteiger partial charge in [0.15, 0.2) is 0 Å². The molecule has 0 aromatic heterocycles. The Morgan fingerprint density at radius 3 is 2.88 bits per heavy atom. The van der Waals surface area contributed by atoms with Crippen LogP contribution in [0.25, 0.3) is 0 Å². The highest BCUT2D eigenvalue weighted by molar-refractivity contribution is 5.45. The minimum absolute atomic E-state index is 0.825. The van der Waals surface area contributed by atoms with Crippen LogP contribution in [0.4, 0.5) is 0 Å². The Kier molecular flexibility index (Phi) is 5.97. The van der Waals surface area contributed by atoms with Gasteiger partial charge in [0, 0.05) is 6.54 Å². The van der Waals surface area contributed by atoms with E-state index in [2.05, 4.69) is 17.8 Å². The van der Waals surface area contributed by atoms with Gasteiger partial charge in [-0.2, -0.15) is 0 Å². The number of nitrogens with one attached hydrogen (secondary N) is 2. The van der Waals surface area contributed by atoms with E-state index in [0.29, 0.717) is 0 Å². The zero-order valence-electron chi connectivity index (χ0n) is 5.03. The lowest BCUT2D eigenvalue weighted by Crippen LogP contribution is -2.30. The summed E-state index contributed by atoms with van der Waals surface area (Å²) < 4.78 is 0. The summed E-state index contributed by atoms with van der Waals surface area (Å²) >= 11 is 0. The molecule has 1 radical (unpaired) electrons. The van der Waals surface area contributed by atoms with E-state index < -0.39 is 0 Å². The third-order valence-corrected chi connectivity index (χ3v) is 0.795. The normalized spacial score (nSPS) is 8.62. The highest BCUT2D eigenvalue weighted by atomic mass is 16.1. The quantitative estimate of drug-likeness (QED) is 0.299. The molecule has 0 bridgehead atoms. The third-order valence-electron chi connectivity index (χ3n) is 0.795. The van der Waals surface area contributed by atoms with E-state index in [4.69, 9.17) is 0 Å². The summed E-state index contributed by atoms with van der Waals surface area (Å²) in [6.45, 7) is 2.91. The highest BCUT2D eigenvalue weighted by Crippen LogP contribution is 1.79. The maximum absolute atomic E-state index is 9.47. The topological polar surface area (TPSA) is 41.1 Å². The number of rotatable bonds is 5.